The summed E-state index contributed by atoms with van der Waals surface area (Å²) in [6.07, 6.45) is 8.47. The number of pyridine rings is 2. The van der Waals surface area contributed by atoms with Gasteiger partial charge in [0.05, 0.1) is 11.6 Å². The predicted molar refractivity (Wildman–Crippen MR) is 115 cm³/mol. The molecule has 0 saturated carbocycles. The van der Waals surface area contributed by atoms with Crippen molar-refractivity contribution in [1.82, 2.24) is 25.2 Å². The van der Waals surface area contributed by atoms with Crippen molar-refractivity contribution in [1.29, 1.82) is 0 Å². The Hall–Kier alpha value is -3.13. The molecule has 0 spiro atoms. The van der Waals surface area contributed by atoms with E-state index in [9.17, 15) is 9.59 Å². The normalized spacial score (nSPS) is 16.3. The number of piperidine rings is 1. The molecule has 1 aliphatic heterocycles. The average molecular weight is 422 g/mol. The zero-order valence-electron chi connectivity index (χ0n) is 16.7. The molecule has 0 radical (unpaired) electrons. The standard InChI is InChI=1S/C22H23N5O2S/c1-15-19(30-21(26-15)17-4-2-8-24-13-17)22(29)27-11-3-5-18(14-27)20(28)25-12-16-6-9-23-10-7-16/h2,4,6-10,13,18H,3,5,11-12,14H2,1H3,(H,25,28). The van der Waals surface area contributed by atoms with Crippen molar-refractivity contribution in [3.05, 3.63) is 65.2 Å². The molecule has 1 fully saturated rings. The Kier molecular flexibility index (Phi) is 6.13. The largest absolute Gasteiger partial charge is 0.352 e. The van der Waals surface area contributed by atoms with Crippen LogP contribution >= 0.6 is 11.3 Å². The molecule has 0 bridgehead atoms. The minimum atomic E-state index is -0.199. The second kappa shape index (κ2) is 9.13. The minimum absolute atomic E-state index is 0.0126. The number of hydrogen-bond donors (Lipinski definition) is 1. The SMILES string of the molecule is Cc1nc(-c2cccnc2)sc1C(=O)N1CCCC(C(=O)NCc2ccncc2)C1. The molecule has 4 rings (SSSR count). The Morgan fingerprint density at radius 3 is 2.80 bits per heavy atom. The molecule has 2 amide bonds. The lowest BCUT2D eigenvalue weighted by atomic mass is 9.97. The van der Waals surface area contributed by atoms with Gasteiger partial charge in [0.2, 0.25) is 5.91 Å². The van der Waals surface area contributed by atoms with Crippen LogP contribution in [0.3, 0.4) is 0 Å². The van der Waals surface area contributed by atoms with Crippen LogP contribution in [0.2, 0.25) is 0 Å². The van der Waals surface area contributed by atoms with Crippen molar-refractivity contribution < 1.29 is 9.59 Å². The molecule has 0 aliphatic carbocycles. The third-order valence-corrected chi connectivity index (χ3v) is 6.39. The molecule has 1 atom stereocenters. The van der Waals surface area contributed by atoms with E-state index in [2.05, 4.69) is 20.3 Å². The van der Waals surface area contributed by atoms with Gasteiger partial charge in [-0.25, -0.2) is 4.98 Å². The van der Waals surface area contributed by atoms with E-state index in [1.54, 1.807) is 29.7 Å². The van der Waals surface area contributed by atoms with Gasteiger partial charge in [-0.3, -0.25) is 19.6 Å². The van der Waals surface area contributed by atoms with Crippen molar-refractivity contribution in [2.24, 2.45) is 5.92 Å². The Morgan fingerprint density at radius 2 is 2.03 bits per heavy atom. The summed E-state index contributed by atoms with van der Waals surface area (Å²) in [5.41, 5.74) is 2.62. The highest BCUT2D eigenvalue weighted by Gasteiger charge is 2.30. The third kappa shape index (κ3) is 4.54. The molecule has 3 aromatic rings. The van der Waals surface area contributed by atoms with Crippen LogP contribution in [-0.4, -0.2) is 44.8 Å². The first-order valence-corrected chi connectivity index (χ1v) is 10.8. The van der Waals surface area contributed by atoms with Gasteiger partial charge in [0, 0.05) is 50.0 Å². The van der Waals surface area contributed by atoms with Gasteiger partial charge in [-0.2, -0.15) is 0 Å². The van der Waals surface area contributed by atoms with Gasteiger partial charge in [0.25, 0.3) is 5.91 Å². The summed E-state index contributed by atoms with van der Waals surface area (Å²) >= 11 is 1.38. The van der Waals surface area contributed by atoms with E-state index >= 15 is 0 Å². The highest BCUT2D eigenvalue weighted by Crippen LogP contribution is 2.29. The van der Waals surface area contributed by atoms with Gasteiger partial charge >= 0.3 is 0 Å². The van der Waals surface area contributed by atoms with E-state index in [0.717, 1.165) is 29.0 Å². The maximum absolute atomic E-state index is 13.2. The first kappa shape index (κ1) is 20.2. The van der Waals surface area contributed by atoms with Gasteiger partial charge < -0.3 is 10.2 Å². The Labute approximate surface area is 179 Å². The van der Waals surface area contributed by atoms with E-state index in [1.165, 1.54) is 11.3 Å². The molecule has 1 unspecified atom stereocenters. The monoisotopic (exact) mass is 421 g/mol. The van der Waals surface area contributed by atoms with Crippen LogP contribution in [-0.2, 0) is 11.3 Å². The molecule has 8 heteroatoms. The van der Waals surface area contributed by atoms with Crippen LogP contribution in [0.25, 0.3) is 10.6 Å². The number of likely N-dealkylation sites (tertiary alicyclic amines) is 1. The van der Waals surface area contributed by atoms with Crippen LogP contribution in [0.1, 0.15) is 33.8 Å². The number of nitrogens with zero attached hydrogens (tertiary/aromatic N) is 4. The number of aryl methyl sites for hydroxylation is 1. The molecule has 30 heavy (non-hydrogen) atoms. The third-order valence-electron chi connectivity index (χ3n) is 5.19. The molecule has 4 heterocycles. The average Bonchev–Trinajstić information content (AvgIpc) is 3.20. The van der Waals surface area contributed by atoms with Crippen molar-refractivity contribution in [2.75, 3.05) is 13.1 Å². The van der Waals surface area contributed by atoms with Crippen LogP contribution in [0.5, 0.6) is 0 Å². The Balaban J connectivity index is 1.41. The second-order valence-electron chi connectivity index (χ2n) is 7.34. The van der Waals surface area contributed by atoms with Crippen LogP contribution in [0, 0.1) is 12.8 Å². The fourth-order valence-corrected chi connectivity index (χ4v) is 4.59. The summed E-state index contributed by atoms with van der Waals surface area (Å²) in [5, 5.41) is 3.77. The number of carbonyl (C=O) groups is 2. The molecular weight excluding hydrogens is 398 g/mol. The van der Waals surface area contributed by atoms with Gasteiger partial charge in [0.1, 0.15) is 9.88 Å². The first-order chi connectivity index (χ1) is 14.6. The van der Waals surface area contributed by atoms with E-state index in [0.29, 0.717) is 30.2 Å². The van der Waals surface area contributed by atoms with E-state index in [4.69, 9.17) is 0 Å². The number of thiazole rings is 1. The fraction of sp³-hybridized carbons (Fsp3) is 0.318. The first-order valence-electron chi connectivity index (χ1n) is 9.95. The molecule has 7 nitrogen and oxygen atoms in total. The zero-order valence-corrected chi connectivity index (χ0v) is 17.6. The quantitative estimate of drug-likeness (QED) is 0.684. The second-order valence-corrected chi connectivity index (χ2v) is 8.34. The topological polar surface area (TPSA) is 88.1 Å². The molecule has 1 aliphatic rings. The summed E-state index contributed by atoms with van der Waals surface area (Å²) in [6, 6.07) is 7.55. The van der Waals surface area contributed by atoms with Gasteiger partial charge in [-0.15, -0.1) is 11.3 Å². The summed E-state index contributed by atoms with van der Waals surface area (Å²) < 4.78 is 0. The predicted octanol–water partition coefficient (Wildman–Crippen LogP) is 3.08. The Bertz CT molecular complexity index is 1020. The van der Waals surface area contributed by atoms with E-state index in [-0.39, 0.29) is 17.7 Å². The molecule has 0 aromatic carbocycles. The highest BCUT2D eigenvalue weighted by molar-refractivity contribution is 7.17. The van der Waals surface area contributed by atoms with Crippen molar-refractivity contribution in [3.8, 4) is 10.6 Å². The number of hydrogen-bond acceptors (Lipinski definition) is 6. The number of aromatic nitrogens is 3. The van der Waals surface area contributed by atoms with Crippen molar-refractivity contribution >= 4 is 23.2 Å². The summed E-state index contributed by atoms with van der Waals surface area (Å²) in [6.45, 7) is 3.41. The molecular formula is C22H23N5O2S. The van der Waals surface area contributed by atoms with Crippen molar-refractivity contribution in [2.45, 2.75) is 26.3 Å². The maximum Gasteiger partial charge on any atom is 0.265 e. The maximum atomic E-state index is 13.2. The molecule has 1 saturated heterocycles. The summed E-state index contributed by atoms with van der Waals surface area (Å²) in [5.74, 6) is -0.260. The minimum Gasteiger partial charge on any atom is -0.352 e. The lowest BCUT2D eigenvalue weighted by molar-refractivity contribution is -0.126. The lowest BCUT2D eigenvalue weighted by Crippen LogP contribution is -2.45. The van der Waals surface area contributed by atoms with Gasteiger partial charge in [-0.05, 0) is 49.6 Å². The lowest BCUT2D eigenvalue weighted by Gasteiger charge is -2.31. The van der Waals surface area contributed by atoms with E-state index in [1.807, 2.05) is 31.2 Å². The molecule has 3 aromatic heterocycles. The number of rotatable bonds is 5. The van der Waals surface area contributed by atoms with Crippen molar-refractivity contribution in [3.63, 3.8) is 0 Å². The summed E-state index contributed by atoms with van der Waals surface area (Å²) in [7, 11) is 0. The number of amides is 2. The smallest absolute Gasteiger partial charge is 0.265 e. The summed E-state index contributed by atoms with van der Waals surface area (Å²) in [4.78, 5) is 40.9. The molecule has 1 N–H and O–H groups in total. The van der Waals surface area contributed by atoms with Crippen LogP contribution in [0.15, 0.2) is 49.1 Å². The van der Waals surface area contributed by atoms with Gasteiger partial charge in [0.15, 0.2) is 0 Å². The van der Waals surface area contributed by atoms with E-state index < -0.39 is 0 Å². The highest BCUT2D eigenvalue weighted by atomic mass is 32.1. The number of carbonyl (C=O) groups excluding carboxylic acids is 2. The number of nitrogens with one attached hydrogen (secondary N) is 1. The van der Waals surface area contributed by atoms with Crippen LogP contribution < -0.4 is 5.32 Å². The van der Waals surface area contributed by atoms with Gasteiger partial charge in [-0.1, -0.05) is 0 Å². The van der Waals surface area contributed by atoms with Crippen LogP contribution in [0.4, 0.5) is 0 Å². The fourth-order valence-electron chi connectivity index (χ4n) is 3.56. The zero-order chi connectivity index (χ0) is 20.9. The Morgan fingerprint density at radius 1 is 1.20 bits per heavy atom. The molecule has 154 valence electrons.